The van der Waals surface area contributed by atoms with Crippen LogP contribution >= 0.6 is 12.4 Å². The molecule has 1 fully saturated rings. The number of piperidine rings is 1. The lowest BCUT2D eigenvalue weighted by Gasteiger charge is -2.31. The van der Waals surface area contributed by atoms with Crippen molar-refractivity contribution in [2.75, 3.05) is 38.5 Å². The fraction of sp³-hybridized carbons (Fsp3) is 0.429. The van der Waals surface area contributed by atoms with Gasteiger partial charge in [0.25, 0.3) is 5.91 Å². The van der Waals surface area contributed by atoms with E-state index in [1.54, 1.807) is 11.9 Å². The Morgan fingerprint density at radius 1 is 0.909 bits per heavy atom. The zero-order chi connectivity index (χ0) is 30.4. The summed E-state index contributed by atoms with van der Waals surface area (Å²) in [4.78, 5) is 29.1. The number of carbonyl (C=O) groups is 2. The summed E-state index contributed by atoms with van der Waals surface area (Å²) in [7, 11) is 1.73. The van der Waals surface area contributed by atoms with Crippen LogP contribution in [0.1, 0.15) is 68.1 Å². The summed E-state index contributed by atoms with van der Waals surface area (Å²) < 4.78 is 19.3. The molecule has 0 radical (unpaired) electrons. The summed E-state index contributed by atoms with van der Waals surface area (Å²) in [5.74, 6) is -1.46. The molecule has 3 aromatic rings. The Morgan fingerprint density at radius 2 is 1.55 bits per heavy atom. The van der Waals surface area contributed by atoms with Crippen molar-refractivity contribution >= 4 is 30.1 Å². The number of hydrogen-bond donors (Lipinski definition) is 2. The topological polar surface area (TPSA) is 82.1 Å². The van der Waals surface area contributed by atoms with Crippen LogP contribution in [0.5, 0.6) is 5.75 Å². The van der Waals surface area contributed by atoms with Gasteiger partial charge < -0.3 is 19.6 Å². The van der Waals surface area contributed by atoms with Crippen molar-refractivity contribution in [3.63, 3.8) is 0 Å². The quantitative estimate of drug-likeness (QED) is 0.177. The van der Waals surface area contributed by atoms with E-state index in [0.29, 0.717) is 6.54 Å². The minimum Gasteiger partial charge on any atom is -0.505 e. The molecule has 2 N–H and O–H groups in total. The molecule has 0 bridgehead atoms. The molecule has 7 nitrogen and oxygen atoms in total. The number of para-hydroxylation sites is 1. The molecule has 4 rings (SSSR count). The molecule has 238 valence electrons. The maximum atomic E-state index is 13.5. The molecule has 3 aromatic carbocycles. The van der Waals surface area contributed by atoms with E-state index in [1.807, 2.05) is 54.6 Å². The van der Waals surface area contributed by atoms with E-state index in [9.17, 15) is 19.1 Å². The van der Waals surface area contributed by atoms with Gasteiger partial charge in [-0.25, -0.2) is 9.18 Å². The Kier molecular flexibility index (Phi) is 14.5. The van der Waals surface area contributed by atoms with Crippen LogP contribution < -0.4 is 5.32 Å². The summed E-state index contributed by atoms with van der Waals surface area (Å²) in [6.45, 7) is 3.60. The van der Waals surface area contributed by atoms with Crippen molar-refractivity contribution in [3.8, 4) is 16.9 Å². The Hall–Kier alpha value is -3.62. The second-order valence-corrected chi connectivity index (χ2v) is 11.4. The third-order valence-corrected chi connectivity index (χ3v) is 8.07. The van der Waals surface area contributed by atoms with E-state index in [0.717, 1.165) is 74.6 Å². The SMILES string of the molecule is CN(CCCCCCCCCN1CCC(OC(=O)Nc2ccccc2-c2ccccc2)CC1)C(=O)c1ccc(O)c(F)c1.Cl. The van der Waals surface area contributed by atoms with Crippen LogP contribution in [0, 0.1) is 5.82 Å². The van der Waals surface area contributed by atoms with Crippen LogP contribution in [0.2, 0.25) is 0 Å². The summed E-state index contributed by atoms with van der Waals surface area (Å²) in [5, 5.41) is 12.2. The average molecular weight is 626 g/mol. The number of carbonyl (C=O) groups excluding carboxylic acids is 2. The van der Waals surface area contributed by atoms with Gasteiger partial charge in [-0.2, -0.15) is 0 Å². The molecule has 0 aliphatic carbocycles. The van der Waals surface area contributed by atoms with Crippen LogP contribution in [0.4, 0.5) is 14.9 Å². The average Bonchev–Trinajstić information content (AvgIpc) is 3.02. The Morgan fingerprint density at radius 3 is 2.25 bits per heavy atom. The normalized spacial score (nSPS) is 13.6. The Balaban J connectivity index is 0.00000529. The first-order valence-electron chi connectivity index (χ1n) is 15.5. The first-order valence-corrected chi connectivity index (χ1v) is 15.5. The molecule has 0 saturated carbocycles. The van der Waals surface area contributed by atoms with Crippen molar-refractivity contribution in [3.05, 3.63) is 84.2 Å². The second-order valence-electron chi connectivity index (χ2n) is 11.4. The summed E-state index contributed by atoms with van der Waals surface area (Å²) in [6, 6.07) is 21.5. The van der Waals surface area contributed by atoms with E-state index >= 15 is 0 Å². The molecule has 1 heterocycles. The van der Waals surface area contributed by atoms with Gasteiger partial charge >= 0.3 is 6.09 Å². The number of likely N-dealkylation sites (tertiary alicyclic amines) is 1. The smallest absolute Gasteiger partial charge is 0.411 e. The molecule has 44 heavy (non-hydrogen) atoms. The zero-order valence-corrected chi connectivity index (χ0v) is 26.4. The Bertz CT molecular complexity index is 1320. The number of rotatable bonds is 14. The van der Waals surface area contributed by atoms with Gasteiger partial charge in [0.1, 0.15) is 6.10 Å². The molecular weight excluding hydrogens is 581 g/mol. The first-order chi connectivity index (χ1) is 20.9. The van der Waals surface area contributed by atoms with E-state index in [2.05, 4.69) is 10.2 Å². The number of phenols is 1. The van der Waals surface area contributed by atoms with E-state index < -0.39 is 17.7 Å². The zero-order valence-electron chi connectivity index (χ0n) is 25.6. The van der Waals surface area contributed by atoms with Crippen LogP contribution in [-0.2, 0) is 4.74 Å². The van der Waals surface area contributed by atoms with Gasteiger partial charge in [-0.1, -0.05) is 80.6 Å². The molecule has 0 spiro atoms. The predicted octanol–water partition coefficient (Wildman–Crippen LogP) is 8.14. The molecule has 0 atom stereocenters. The number of amides is 2. The lowest BCUT2D eigenvalue weighted by molar-refractivity contribution is 0.0584. The number of halogens is 2. The van der Waals surface area contributed by atoms with Gasteiger partial charge in [0, 0.05) is 37.8 Å². The predicted molar refractivity (Wildman–Crippen MR) is 176 cm³/mol. The number of phenolic OH excluding ortho intramolecular Hbond substituents is 1. The fourth-order valence-corrected chi connectivity index (χ4v) is 5.53. The lowest BCUT2D eigenvalue weighted by atomic mass is 10.0. The van der Waals surface area contributed by atoms with Crippen LogP contribution in [0.25, 0.3) is 11.1 Å². The number of benzene rings is 3. The van der Waals surface area contributed by atoms with E-state index in [-0.39, 0.29) is 30.0 Å². The monoisotopic (exact) mass is 625 g/mol. The van der Waals surface area contributed by atoms with E-state index in [1.165, 1.54) is 37.8 Å². The van der Waals surface area contributed by atoms with Crippen LogP contribution in [0.15, 0.2) is 72.8 Å². The number of anilines is 1. The molecule has 1 aliphatic rings. The minimum atomic E-state index is -0.778. The lowest BCUT2D eigenvalue weighted by Crippen LogP contribution is -2.38. The highest BCUT2D eigenvalue weighted by Crippen LogP contribution is 2.28. The first kappa shape index (κ1) is 34.9. The molecule has 2 amide bonds. The van der Waals surface area contributed by atoms with Gasteiger partial charge in [-0.3, -0.25) is 10.1 Å². The summed E-state index contributed by atoms with van der Waals surface area (Å²) in [5.41, 5.74) is 3.03. The van der Waals surface area contributed by atoms with E-state index in [4.69, 9.17) is 4.74 Å². The van der Waals surface area contributed by atoms with Gasteiger partial charge in [0.05, 0.1) is 5.69 Å². The van der Waals surface area contributed by atoms with Crippen LogP contribution in [0.3, 0.4) is 0 Å². The van der Waals surface area contributed by atoms with Gasteiger partial charge in [-0.15, -0.1) is 12.4 Å². The van der Waals surface area contributed by atoms with Crippen molar-refractivity contribution in [1.82, 2.24) is 9.80 Å². The molecular formula is C35H45ClFN3O4. The fourth-order valence-electron chi connectivity index (χ4n) is 5.53. The largest absolute Gasteiger partial charge is 0.505 e. The summed E-state index contributed by atoms with van der Waals surface area (Å²) in [6.07, 6.45) is 9.11. The standard InChI is InChI=1S/C35H44FN3O4.ClH/c1-38(34(41)28-18-19-33(40)31(36)26-28)22-12-5-3-2-4-6-13-23-39-24-20-29(21-25-39)43-35(42)37-32-17-11-10-16-30(32)27-14-8-7-9-15-27;/h7-11,14-19,26,29,40H,2-6,12-13,20-25H2,1H3,(H,37,42);1H. The number of unbranched alkanes of at least 4 members (excludes halogenated alkanes) is 6. The van der Waals surface area contributed by atoms with Crippen molar-refractivity contribution in [2.24, 2.45) is 0 Å². The minimum absolute atomic E-state index is 0. The third-order valence-electron chi connectivity index (χ3n) is 8.07. The molecule has 1 aliphatic heterocycles. The number of hydrogen-bond acceptors (Lipinski definition) is 5. The van der Waals surface area contributed by atoms with Crippen molar-refractivity contribution in [1.29, 1.82) is 0 Å². The van der Waals surface area contributed by atoms with Crippen molar-refractivity contribution in [2.45, 2.75) is 63.9 Å². The van der Waals surface area contributed by atoms with Gasteiger partial charge in [0.2, 0.25) is 0 Å². The second kappa shape index (κ2) is 18.2. The number of ether oxygens (including phenoxy) is 1. The van der Waals surface area contributed by atoms with Gasteiger partial charge in [-0.05, 0) is 62.1 Å². The summed E-state index contributed by atoms with van der Waals surface area (Å²) >= 11 is 0. The highest BCUT2D eigenvalue weighted by Gasteiger charge is 2.22. The van der Waals surface area contributed by atoms with Crippen LogP contribution in [-0.4, -0.2) is 66.2 Å². The van der Waals surface area contributed by atoms with Gasteiger partial charge in [0.15, 0.2) is 11.6 Å². The maximum absolute atomic E-state index is 13.5. The number of aromatic hydroxyl groups is 1. The molecule has 0 aromatic heterocycles. The highest BCUT2D eigenvalue weighted by atomic mass is 35.5. The number of nitrogens with zero attached hydrogens (tertiary/aromatic N) is 2. The highest BCUT2D eigenvalue weighted by molar-refractivity contribution is 5.94. The van der Waals surface area contributed by atoms with Crippen molar-refractivity contribution < 1.29 is 23.8 Å². The Labute approximate surface area is 266 Å². The number of nitrogens with one attached hydrogen (secondary N) is 1. The molecule has 1 saturated heterocycles. The third kappa shape index (κ3) is 10.8. The molecule has 9 heteroatoms. The maximum Gasteiger partial charge on any atom is 0.411 e. The molecule has 0 unspecified atom stereocenters.